The highest BCUT2D eigenvalue weighted by Crippen LogP contribution is 2.39. The Morgan fingerprint density at radius 3 is 2.69 bits per heavy atom. The highest BCUT2D eigenvalue weighted by Gasteiger charge is 2.26. The van der Waals surface area contributed by atoms with E-state index in [0.29, 0.717) is 6.42 Å². The van der Waals surface area contributed by atoms with Gasteiger partial charge in [-0.05, 0) is 12.8 Å². The van der Waals surface area contributed by atoms with Crippen molar-refractivity contribution in [2.75, 3.05) is 13.3 Å². The lowest BCUT2D eigenvalue weighted by Gasteiger charge is -2.25. The van der Waals surface area contributed by atoms with E-state index in [1.807, 2.05) is 0 Å². The van der Waals surface area contributed by atoms with Crippen molar-refractivity contribution in [2.45, 2.75) is 31.9 Å². The maximum Gasteiger partial charge on any atom is 0.325 e. The smallest absolute Gasteiger partial charge is 0.324 e. The van der Waals surface area contributed by atoms with Crippen LogP contribution in [-0.4, -0.2) is 24.3 Å². The first-order chi connectivity index (χ1) is 5.99. The second kappa shape index (κ2) is 4.54. The van der Waals surface area contributed by atoms with Crippen molar-refractivity contribution in [1.29, 1.82) is 0 Å². The summed E-state index contributed by atoms with van der Waals surface area (Å²) in [5, 5.41) is 0. The molecule has 0 spiro atoms. The van der Waals surface area contributed by atoms with Crippen LogP contribution >= 0.6 is 7.60 Å². The molecule has 0 bridgehead atoms. The molecule has 3 atom stereocenters. The maximum absolute atomic E-state index is 13.2. The van der Waals surface area contributed by atoms with Crippen LogP contribution in [0.3, 0.4) is 0 Å². The molecule has 0 aliphatic heterocycles. The lowest BCUT2D eigenvalue weighted by Crippen LogP contribution is -2.24. The number of halogens is 1. The summed E-state index contributed by atoms with van der Waals surface area (Å²) < 4.78 is 28.7. The lowest BCUT2D eigenvalue weighted by molar-refractivity contribution is 0.106. The second-order valence-corrected chi connectivity index (χ2v) is 5.52. The van der Waals surface area contributed by atoms with E-state index >= 15 is 0 Å². The topological polar surface area (TPSA) is 46.5 Å². The number of hydrogen-bond donors (Lipinski definition) is 1. The molecule has 1 saturated carbocycles. The quantitative estimate of drug-likeness (QED) is 0.727. The molecule has 1 aliphatic carbocycles. The van der Waals surface area contributed by atoms with Gasteiger partial charge in [0.05, 0.1) is 6.61 Å². The van der Waals surface area contributed by atoms with Gasteiger partial charge in [0.1, 0.15) is 6.17 Å². The molecule has 0 radical (unpaired) electrons. The molecule has 5 heteroatoms. The zero-order valence-corrected chi connectivity index (χ0v) is 8.67. The van der Waals surface area contributed by atoms with Crippen molar-refractivity contribution in [2.24, 2.45) is 5.92 Å². The Hall–Kier alpha value is 0.0800. The first-order valence-electron chi connectivity index (χ1n) is 4.58. The summed E-state index contributed by atoms with van der Waals surface area (Å²) in [6.07, 6.45) is 2.38. The van der Waals surface area contributed by atoms with Crippen molar-refractivity contribution in [1.82, 2.24) is 0 Å². The van der Waals surface area contributed by atoms with Crippen LogP contribution in [0.25, 0.3) is 0 Å². The Labute approximate surface area is 77.8 Å². The van der Waals surface area contributed by atoms with Gasteiger partial charge in [0.15, 0.2) is 0 Å². The number of hydrogen-bond acceptors (Lipinski definition) is 2. The SMILES string of the molecule is CP(=O)(O)OCC1CCCCC1F. The lowest BCUT2D eigenvalue weighted by atomic mass is 9.88. The normalized spacial score (nSPS) is 34.1. The summed E-state index contributed by atoms with van der Waals surface area (Å²) in [7, 11) is -3.43. The van der Waals surface area contributed by atoms with E-state index < -0.39 is 13.8 Å². The summed E-state index contributed by atoms with van der Waals surface area (Å²) in [5.74, 6) is -0.186. The van der Waals surface area contributed by atoms with Crippen molar-refractivity contribution in [3.05, 3.63) is 0 Å². The Kier molecular flexibility index (Phi) is 3.89. The van der Waals surface area contributed by atoms with E-state index in [4.69, 9.17) is 9.42 Å². The first kappa shape index (κ1) is 11.2. The van der Waals surface area contributed by atoms with E-state index in [1.165, 1.54) is 0 Å². The molecule has 0 heterocycles. The Bertz CT molecular complexity index is 204. The number of rotatable bonds is 3. The molecule has 78 valence electrons. The van der Waals surface area contributed by atoms with Crippen molar-refractivity contribution in [3.8, 4) is 0 Å². The predicted molar refractivity (Wildman–Crippen MR) is 48.6 cm³/mol. The van der Waals surface area contributed by atoms with E-state index in [-0.39, 0.29) is 12.5 Å². The van der Waals surface area contributed by atoms with Crippen LogP contribution in [0, 0.1) is 5.92 Å². The second-order valence-electron chi connectivity index (χ2n) is 3.66. The summed E-state index contributed by atoms with van der Waals surface area (Å²) in [6, 6.07) is 0. The summed E-state index contributed by atoms with van der Waals surface area (Å²) in [5.41, 5.74) is 0. The Balaban J connectivity index is 2.31. The third kappa shape index (κ3) is 4.21. The highest BCUT2D eigenvalue weighted by molar-refractivity contribution is 7.51. The van der Waals surface area contributed by atoms with Crippen LogP contribution in [-0.2, 0) is 9.09 Å². The van der Waals surface area contributed by atoms with Gasteiger partial charge in [0.2, 0.25) is 0 Å². The minimum absolute atomic E-state index is 0.0748. The zero-order chi connectivity index (χ0) is 9.90. The molecule has 13 heavy (non-hydrogen) atoms. The van der Waals surface area contributed by atoms with E-state index in [1.54, 1.807) is 0 Å². The van der Waals surface area contributed by atoms with Crippen LogP contribution < -0.4 is 0 Å². The monoisotopic (exact) mass is 210 g/mol. The van der Waals surface area contributed by atoms with Gasteiger partial charge in [-0.25, -0.2) is 4.39 Å². The van der Waals surface area contributed by atoms with Crippen LogP contribution in [0.2, 0.25) is 0 Å². The van der Waals surface area contributed by atoms with Gasteiger partial charge in [-0.15, -0.1) is 0 Å². The van der Waals surface area contributed by atoms with Gasteiger partial charge >= 0.3 is 7.60 Å². The minimum Gasteiger partial charge on any atom is -0.324 e. The maximum atomic E-state index is 13.2. The van der Waals surface area contributed by atoms with E-state index in [0.717, 1.165) is 25.9 Å². The van der Waals surface area contributed by atoms with Gasteiger partial charge in [-0.1, -0.05) is 12.8 Å². The molecule has 1 N–H and O–H groups in total. The molecule has 0 aromatic heterocycles. The van der Waals surface area contributed by atoms with Gasteiger partial charge in [-0.3, -0.25) is 4.57 Å². The molecule has 1 rings (SSSR count). The van der Waals surface area contributed by atoms with Gasteiger partial charge in [-0.2, -0.15) is 0 Å². The summed E-state index contributed by atoms with van der Waals surface area (Å²) in [6.45, 7) is 1.20. The molecular formula is C8H16FO3P. The molecule has 1 fully saturated rings. The molecule has 0 aromatic rings. The summed E-state index contributed by atoms with van der Waals surface area (Å²) in [4.78, 5) is 8.85. The Morgan fingerprint density at radius 1 is 1.54 bits per heavy atom. The van der Waals surface area contributed by atoms with Crippen LogP contribution in [0.4, 0.5) is 4.39 Å². The Morgan fingerprint density at radius 2 is 2.15 bits per heavy atom. The average Bonchev–Trinajstić information content (AvgIpc) is 2.01. The fourth-order valence-corrected chi connectivity index (χ4v) is 2.05. The summed E-state index contributed by atoms with van der Waals surface area (Å²) >= 11 is 0. The predicted octanol–water partition coefficient (Wildman–Crippen LogP) is 2.35. The fourth-order valence-electron chi connectivity index (χ4n) is 1.58. The van der Waals surface area contributed by atoms with E-state index in [9.17, 15) is 8.96 Å². The number of alkyl halides is 1. The fraction of sp³-hybridized carbons (Fsp3) is 1.00. The highest BCUT2D eigenvalue weighted by atomic mass is 31.2. The van der Waals surface area contributed by atoms with E-state index in [2.05, 4.69) is 0 Å². The first-order valence-corrected chi connectivity index (χ1v) is 6.60. The molecule has 3 unspecified atom stereocenters. The minimum atomic E-state index is -3.43. The largest absolute Gasteiger partial charge is 0.325 e. The zero-order valence-electron chi connectivity index (χ0n) is 7.78. The molecule has 3 nitrogen and oxygen atoms in total. The molecule has 0 saturated heterocycles. The van der Waals surface area contributed by atoms with Gasteiger partial charge in [0, 0.05) is 12.6 Å². The standard InChI is InChI=1S/C8H16FO3P/c1-13(10,11)12-6-7-4-2-3-5-8(7)9/h7-8H,2-6H2,1H3,(H,10,11). The van der Waals surface area contributed by atoms with Gasteiger partial charge in [0.25, 0.3) is 0 Å². The molecule has 1 aliphatic rings. The third-order valence-electron chi connectivity index (χ3n) is 2.34. The van der Waals surface area contributed by atoms with Crippen LogP contribution in [0.15, 0.2) is 0 Å². The molecule has 0 aromatic carbocycles. The van der Waals surface area contributed by atoms with Crippen molar-refractivity contribution in [3.63, 3.8) is 0 Å². The third-order valence-corrected chi connectivity index (χ3v) is 2.97. The average molecular weight is 210 g/mol. The van der Waals surface area contributed by atoms with Crippen molar-refractivity contribution < 1.29 is 18.4 Å². The molecule has 0 amide bonds. The molecular weight excluding hydrogens is 194 g/mol. The van der Waals surface area contributed by atoms with Crippen LogP contribution in [0.1, 0.15) is 25.7 Å². The van der Waals surface area contributed by atoms with Crippen molar-refractivity contribution >= 4 is 7.60 Å². The van der Waals surface area contributed by atoms with Gasteiger partial charge < -0.3 is 9.42 Å². The van der Waals surface area contributed by atoms with Crippen LogP contribution in [0.5, 0.6) is 0 Å².